The van der Waals surface area contributed by atoms with Crippen LogP contribution in [0.2, 0.25) is 0 Å². The molecule has 1 aliphatic carbocycles. The van der Waals surface area contributed by atoms with Gasteiger partial charge in [-0.1, -0.05) is 30.3 Å². The molecule has 2 amide bonds. The number of urea groups is 1. The van der Waals surface area contributed by atoms with Crippen molar-refractivity contribution in [1.29, 1.82) is 0 Å². The minimum atomic E-state index is -0.0870. The highest BCUT2D eigenvalue weighted by Crippen LogP contribution is 2.23. The van der Waals surface area contributed by atoms with Crippen molar-refractivity contribution in [2.24, 2.45) is 0 Å². The molecule has 150 valence electrons. The largest absolute Gasteiger partial charge is 0.480 e. The number of hydrogen-bond donors (Lipinski definition) is 2. The van der Waals surface area contributed by atoms with E-state index in [1.54, 1.807) is 19.5 Å². The summed E-state index contributed by atoms with van der Waals surface area (Å²) in [4.78, 5) is 20.4. The lowest BCUT2D eigenvalue weighted by atomic mass is 9.93. The van der Waals surface area contributed by atoms with E-state index in [4.69, 9.17) is 9.47 Å². The van der Waals surface area contributed by atoms with E-state index in [1.807, 2.05) is 18.2 Å². The van der Waals surface area contributed by atoms with Crippen LogP contribution in [0.3, 0.4) is 0 Å². The summed E-state index contributed by atoms with van der Waals surface area (Å²) in [5.41, 5.74) is 1.30. The highest BCUT2D eigenvalue weighted by molar-refractivity contribution is 5.74. The van der Waals surface area contributed by atoms with Gasteiger partial charge in [0.2, 0.25) is 11.8 Å². The normalized spacial score (nSPS) is 18.9. The summed E-state index contributed by atoms with van der Waals surface area (Å²) < 4.78 is 11.0. The molecule has 28 heavy (non-hydrogen) atoms. The molecule has 0 saturated heterocycles. The lowest BCUT2D eigenvalue weighted by molar-refractivity contribution is 0.133. The van der Waals surface area contributed by atoms with Crippen LogP contribution in [0.25, 0.3) is 0 Å². The van der Waals surface area contributed by atoms with E-state index in [-0.39, 0.29) is 18.2 Å². The summed E-state index contributed by atoms with van der Waals surface area (Å²) in [6.07, 6.45) is 8.65. The van der Waals surface area contributed by atoms with E-state index >= 15 is 0 Å². The third-order valence-corrected chi connectivity index (χ3v) is 4.87. The summed E-state index contributed by atoms with van der Waals surface area (Å²) in [7, 11) is 1.55. The Bertz CT molecular complexity index is 733. The van der Waals surface area contributed by atoms with Gasteiger partial charge >= 0.3 is 6.03 Å². The van der Waals surface area contributed by atoms with Crippen molar-refractivity contribution in [3.63, 3.8) is 0 Å². The van der Waals surface area contributed by atoms with Crippen molar-refractivity contribution in [3.05, 3.63) is 48.3 Å². The third kappa shape index (κ3) is 6.40. The Morgan fingerprint density at radius 1 is 1.11 bits per heavy atom. The molecule has 0 atom stereocenters. The van der Waals surface area contributed by atoms with E-state index in [1.165, 1.54) is 5.56 Å². The Morgan fingerprint density at radius 2 is 1.86 bits per heavy atom. The summed E-state index contributed by atoms with van der Waals surface area (Å²) in [6.45, 7) is 0.674. The van der Waals surface area contributed by atoms with E-state index in [0.717, 1.165) is 38.5 Å². The van der Waals surface area contributed by atoms with E-state index in [0.29, 0.717) is 18.3 Å². The highest BCUT2D eigenvalue weighted by Gasteiger charge is 2.24. The van der Waals surface area contributed by atoms with Gasteiger partial charge in [-0.15, -0.1) is 0 Å². The number of nitrogens with zero attached hydrogens (tertiary/aromatic N) is 2. The van der Waals surface area contributed by atoms with Gasteiger partial charge in [-0.05, 0) is 44.1 Å². The molecule has 1 aliphatic rings. The number of benzene rings is 1. The standard InChI is InChI=1S/C21H28N4O3/c1-27-19-14-22-15-20(25-19)28-18-11-9-17(10-12-18)24-21(26)23-13-5-8-16-6-3-2-4-7-16/h2-4,6-7,14-15,17-18H,5,8-13H2,1H3,(H2,23,24,26). The van der Waals surface area contributed by atoms with Gasteiger partial charge in [0.05, 0.1) is 19.5 Å². The van der Waals surface area contributed by atoms with Crippen molar-refractivity contribution < 1.29 is 14.3 Å². The molecule has 0 aliphatic heterocycles. The SMILES string of the molecule is COc1cncc(OC2CCC(NC(=O)NCCCc3ccccc3)CC2)n1. The van der Waals surface area contributed by atoms with Crippen LogP contribution >= 0.6 is 0 Å². The number of methoxy groups -OCH3 is 1. The topological polar surface area (TPSA) is 85.4 Å². The number of nitrogens with one attached hydrogen (secondary N) is 2. The molecule has 2 aromatic rings. The minimum Gasteiger partial charge on any atom is -0.480 e. The summed E-state index contributed by atoms with van der Waals surface area (Å²) in [5, 5.41) is 6.02. The smallest absolute Gasteiger partial charge is 0.315 e. The molecule has 0 spiro atoms. The van der Waals surface area contributed by atoms with Gasteiger partial charge in [-0.25, -0.2) is 4.79 Å². The monoisotopic (exact) mass is 384 g/mol. The predicted molar refractivity (Wildman–Crippen MR) is 107 cm³/mol. The second-order valence-electron chi connectivity index (χ2n) is 6.98. The van der Waals surface area contributed by atoms with Gasteiger partial charge < -0.3 is 20.1 Å². The number of aryl methyl sites for hydroxylation is 1. The Hall–Kier alpha value is -2.83. The molecule has 1 aromatic heterocycles. The first-order chi connectivity index (χ1) is 13.7. The molecule has 1 saturated carbocycles. The first kappa shape index (κ1) is 19.9. The number of carbonyl (C=O) groups is 1. The fourth-order valence-corrected chi connectivity index (χ4v) is 3.36. The zero-order chi connectivity index (χ0) is 19.6. The fraction of sp³-hybridized carbons (Fsp3) is 0.476. The summed E-state index contributed by atoms with van der Waals surface area (Å²) >= 11 is 0. The molecular formula is C21H28N4O3. The molecule has 1 heterocycles. The maximum Gasteiger partial charge on any atom is 0.315 e. The second kappa shape index (κ2) is 10.5. The molecule has 0 unspecified atom stereocenters. The highest BCUT2D eigenvalue weighted by atomic mass is 16.5. The van der Waals surface area contributed by atoms with Crippen LogP contribution in [0.1, 0.15) is 37.7 Å². The average molecular weight is 384 g/mol. The number of ether oxygens (including phenoxy) is 2. The fourth-order valence-electron chi connectivity index (χ4n) is 3.36. The van der Waals surface area contributed by atoms with Crippen molar-refractivity contribution >= 4 is 6.03 Å². The average Bonchev–Trinajstić information content (AvgIpc) is 2.73. The van der Waals surface area contributed by atoms with E-state index in [2.05, 4.69) is 32.7 Å². The number of amides is 2. The number of rotatable bonds is 8. The molecular weight excluding hydrogens is 356 g/mol. The van der Waals surface area contributed by atoms with Crippen LogP contribution < -0.4 is 20.1 Å². The van der Waals surface area contributed by atoms with E-state index in [9.17, 15) is 4.79 Å². The Labute approximate surface area is 165 Å². The van der Waals surface area contributed by atoms with Gasteiger partial charge in [0.1, 0.15) is 6.10 Å². The van der Waals surface area contributed by atoms with Crippen LogP contribution in [0.5, 0.6) is 11.8 Å². The minimum absolute atomic E-state index is 0.0870. The maximum absolute atomic E-state index is 12.1. The second-order valence-corrected chi connectivity index (χ2v) is 6.98. The third-order valence-electron chi connectivity index (χ3n) is 4.87. The summed E-state index contributed by atoms with van der Waals surface area (Å²) in [6, 6.07) is 10.4. The number of aromatic nitrogens is 2. The van der Waals surface area contributed by atoms with Crippen LogP contribution in [0.4, 0.5) is 4.79 Å². The van der Waals surface area contributed by atoms with Crippen molar-refractivity contribution in [2.75, 3.05) is 13.7 Å². The Balaban J connectivity index is 1.30. The molecule has 2 N–H and O–H groups in total. The molecule has 1 fully saturated rings. The first-order valence-electron chi connectivity index (χ1n) is 9.84. The molecule has 1 aromatic carbocycles. The molecule has 0 radical (unpaired) electrons. The maximum atomic E-state index is 12.1. The summed E-state index contributed by atoms with van der Waals surface area (Å²) in [5.74, 6) is 0.920. The van der Waals surface area contributed by atoms with E-state index < -0.39 is 0 Å². The predicted octanol–water partition coefficient (Wildman–Crippen LogP) is 3.11. The number of carbonyl (C=O) groups excluding carboxylic acids is 1. The van der Waals surface area contributed by atoms with Gasteiger partial charge in [0, 0.05) is 12.6 Å². The van der Waals surface area contributed by atoms with Crippen LogP contribution in [0.15, 0.2) is 42.7 Å². The Kier molecular flexibility index (Phi) is 7.46. The van der Waals surface area contributed by atoms with Gasteiger partial charge in [-0.2, -0.15) is 4.98 Å². The van der Waals surface area contributed by atoms with Crippen LogP contribution in [-0.4, -0.2) is 41.8 Å². The van der Waals surface area contributed by atoms with Crippen molar-refractivity contribution in [3.8, 4) is 11.8 Å². The first-order valence-corrected chi connectivity index (χ1v) is 9.84. The number of hydrogen-bond acceptors (Lipinski definition) is 5. The quantitative estimate of drug-likeness (QED) is 0.683. The molecule has 3 rings (SSSR count). The zero-order valence-electron chi connectivity index (χ0n) is 16.3. The lowest BCUT2D eigenvalue weighted by Crippen LogP contribution is -2.45. The zero-order valence-corrected chi connectivity index (χ0v) is 16.3. The van der Waals surface area contributed by atoms with Crippen LogP contribution in [-0.2, 0) is 6.42 Å². The van der Waals surface area contributed by atoms with Crippen LogP contribution in [0, 0.1) is 0 Å². The lowest BCUT2D eigenvalue weighted by Gasteiger charge is -2.29. The molecule has 0 bridgehead atoms. The van der Waals surface area contributed by atoms with Crippen molar-refractivity contribution in [2.45, 2.75) is 50.7 Å². The molecule has 7 nitrogen and oxygen atoms in total. The van der Waals surface area contributed by atoms with Gasteiger partial charge in [0.15, 0.2) is 0 Å². The van der Waals surface area contributed by atoms with Crippen molar-refractivity contribution in [1.82, 2.24) is 20.6 Å². The van der Waals surface area contributed by atoms with Gasteiger partial charge in [-0.3, -0.25) is 4.98 Å². The Morgan fingerprint density at radius 3 is 2.61 bits per heavy atom. The molecule has 7 heteroatoms. The van der Waals surface area contributed by atoms with Gasteiger partial charge in [0.25, 0.3) is 0 Å².